The summed E-state index contributed by atoms with van der Waals surface area (Å²) in [6.07, 6.45) is -0.261. The lowest BCUT2D eigenvalue weighted by molar-refractivity contribution is -0.154. The maximum Gasteiger partial charge on any atom is 0.330 e. The molecule has 2 aliphatic rings. The summed E-state index contributed by atoms with van der Waals surface area (Å²) < 4.78 is 13.6. The first-order chi connectivity index (χ1) is 7.04. The number of alkyl halides is 1. The molecule has 0 saturated carbocycles. The van der Waals surface area contributed by atoms with E-state index in [1.54, 1.807) is 6.92 Å². The fourth-order valence-corrected chi connectivity index (χ4v) is 3.02. The summed E-state index contributed by atoms with van der Waals surface area (Å²) in [5.74, 6) is -1.84. The van der Waals surface area contributed by atoms with Crippen LogP contribution in [0, 0.1) is 5.92 Å². The molecular formula is C10H14FNO3. The number of aliphatic carboxylic acids is 1. The monoisotopic (exact) mass is 215 g/mol. The molecule has 0 aromatic rings. The van der Waals surface area contributed by atoms with Gasteiger partial charge in [-0.3, -0.25) is 4.79 Å². The molecule has 84 valence electrons. The zero-order valence-corrected chi connectivity index (χ0v) is 8.57. The van der Waals surface area contributed by atoms with Gasteiger partial charge in [-0.25, -0.2) is 9.18 Å². The van der Waals surface area contributed by atoms with E-state index in [1.165, 1.54) is 4.90 Å². The summed E-state index contributed by atoms with van der Waals surface area (Å²) >= 11 is 0. The summed E-state index contributed by atoms with van der Waals surface area (Å²) in [7, 11) is 0. The van der Waals surface area contributed by atoms with E-state index < -0.39 is 23.6 Å². The van der Waals surface area contributed by atoms with E-state index in [9.17, 15) is 19.1 Å². The third-order valence-corrected chi connectivity index (χ3v) is 3.72. The molecule has 2 saturated heterocycles. The van der Waals surface area contributed by atoms with Crippen molar-refractivity contribution in [3.05, 3.63) is 0 Å². The number of carbonyl (C=O) groups is 2. The molecule has 3 atom stereocenters. The second-order valence-corrected chi connectivity index (χ2v) is 4.26. The minimum atomic E-state index is -1.26. The topological polar surface area (TPSA) is 57.6 Å². The smallest absolute Gasteiger partial charge is 0.330 e. The highest BCUT2D eigenvalue weighted by molar-refractivity contribution is 5.92. The Kier molecular flexibility index (Phi) is 2.20. The Morgan fingerprint density at radius 3 is 2.93 bits per heavy atom. The van der Waals surface area contributed by atoms with E-state index in [2.05, 4.69) is 0 Å². The molecule has 5 heteroatoms. The first-order valence-electron chi connectivity index (χ1n) is 5.22. The van der Waals surface area contributed by atoms with E-state index in [4.69, 9.17) is 0 Å². The van der Waals surface area contributed by atoms with Crippen LogP contribution < -0.4 is 0 Å². The van der Waals surface area contributed by atoms with Gasteiger partial charge >= 0.3 is 5.97 Å². The van der Waals surface area contributed by atoms with E-state index >= 15 is 0 Å². The van der Waals surface area contributed by atoms with E-state index in [1.807, 2.05) is 0 Å². The summed E-state index contributed by atoms with van der Waals surface area (Å²) in [5, 5.41) is 9.25. The van der Waals surface area contributed by atoms with Gasteiger partial charge in [0.05, 0.1) is 6.54 Å². The van der Waals surface area contributed by atoms with Crippen molar-refractivity contribution in [2.75, 3.05) is 6.54 Å². The number of carboxylic acids is 1. The van der Waals surface area contributed by atoms with Gasteiger partial charge in [-0.1, -0.05) is 6.92 Å². The van der Waals surface area contributed by atoms with Crippen LogP contribution in [0.1, 0.15) is 26.2 Å². The number of rotatable bonds is 2. The van der Waals surface area contributed by atoms with Crippen LogP contribution >= 0.6 is 0 Å². The van der Waals surface area contributed by atoms with Crippen LogP contribution in [0.4, 0.5) is 4.39 Å². The molecule has 2 rings (SSSR count). The second kappa shape index (κ2) is 3.18. The number of nitrogens with zero attached hydrogens (tertiary/aromatic N) is 1. The fourth-order valence-electron chi connectivity index (χ4n) is 3.02. The SMILES string of the molecule is CCC1[C@@H](F)CN2C(=O)CC[C@@]12C(=O)O. The van der Waals surface area contributed by atoms with Crippen molar-refractivity contribution in [3.8, 4) is 0 Å². The van der Waals surface area contributed by atoms with Gasteiger partial charge in [0.15, 0.2) is 0 Å². The van der Waals surface area contributed by atoms with Crippen molar-refractivity contribution in [3.63, 3.8) is 0 Å². The lowest BCUT2D eigenvalue weighted by Crippen LogP contribution is -2.51. The molecule has 1 amide bonds. The Morgan fingerprint density at radius 1 is 1.73 bits per heavy atom. The third-order valence-electron chi connectivity index (χ3n) is 3.72. The number of amides is 1. The van der Waals surface area contributed by atoms with Crippen molar-refractivity contribution < 1.29 is 19.1 Å². The summed E-state index contributed by atoms with van der Waals surface area (Å²) in [5.41, 5.74) is -1.26. The fraction of sp³-hybridized carbons (Fsp3) is 0.800. The van der Waals surface area contributed by atoms with E-state index in [0.717, 1.165) is 0 Å². The minimum absolute atomic E-state index is 0.0519. The Hall–Kier alpha value is -1.13. The van der Waals surface area contributed by atoms with Gasteiger partial charge in [0.25, 0.3) is 0 Å². The molecule has 2 aliphatic heterocycles. The molecule has 1 N–H and O–H groups in total. The molecule has 0 spiro atoms. The van der Waals surface area contributed by atoms with Gasteiger partial charge in [0.2, 0.25) is 5.91 Å². The highest BCUT2D eigenvalue weighted by Gasteiger charge is 2.63. The molecule has 4 nitrogen and oxygen atoms in total. The van der Waals surface area contributed by atoms with E-state index in [0.29, 0.717) is 6.42 Å². The molecule has 0 aromatic heterocycles. The van der Waals surface area contributed by atoms with E-state index in [-0.39, 0.29) is 25.3 Å². The van der Waals surface area contributed by atoms with Gasteiger partial charge in [0, 0.05) is 12.3 Å². The number of hydrogen-bond acceptors (Lipinski definition) is 2. The summed E-state index contributed by atoms with van der Waals surface area (Å²) in [4.78, 5) is 24.0. The summed E-state index contributed by atoms with van der Waals surface area (Å²) in [6, 6.07) is 0. The quantitative estimate of drug-likeness (QED) is 0.741. The van der Waals surface area contributed by atoms with Crippen molar-refractivity contribution in [1.82, 2.24) is 4.90 Å². The van der Waals surface area contributed by atoms with Crippen LogP contribution in [-0.4, -0.2) is 40.1 Å². The maximum atomic E-state index is 13.6. The molecule has 1 unspecified atom stereocenters. The van der Waals surface area contributed by atoms with Crippen molar-refractivity contribution in [2.45, 2.75) is 37.9 Å². The van der Waals surface area contributed by atoms with Crippen LogP contribution in [0.3, 0.4) is 0 Å². The standard InChI is InChI=1S/C10H14FNO3/c1-2-6-7(11)5-12-8(13)3-4-10(6,12)9(14)15/h6-7H,2-5H2,1H3,(H,14,15)/t6?,7-,10-/m0/s1. The highest BCUT2D eigenvalue weighted by atomic mass is 19.1. The molecule has 2 heterocycles. The number of halogens is 1. The maximum absolute atomic E-state index is 13.6. The Labute approximate surface area is 87.1 Å². The Bertz CT molecular complexity index is 320. The first-order valence-corrected chi connectivity index (χ1v) is 5.22. The van der Waals surface area contributed by atoms with Crippen molar-refractivity contribution in [2.24, 2.45) is 5.92 Å². The van der Waals surface area contributed by atoms with Crippen LogP contribution in [0.25, 0.3) is 0 Å². The molecule has 0 aromatic carbocycles. The number of carboxylic acid groups (broad SMARTS) is 1. The first kappa shape index (κ1) is 10.4. The normalized spacial score (nSPS) is 39.6. The zero-order chi connectivity index (χ0) is 11.2. The van der Waals surface area contributed by atoms with Gasteiger partial charge in [-0.05, 0) is 12.8 Å². The molecule has 0 aliphatic carbocycles. The van der Waals surface area contributed by atoms with Crippen LogP contribution in [0.15, 0.2) is 0 Å². The molecule has 15 heavy (non-hydrogen) atoms. The Morgan fingerprint density at radius 2 is 2.40 bits per heavy atom. The molecular weight excluding hydrogens is 201 g/mol. The van der Waals surface area contributed by atoms with Gasteiger partial charge < -0.3 is 10.0 Å². The highest BCUT2D eigenvalue weighted by Crippen LogP contribution is 2.46. The lowest BCUT2D eigenvalue weighted by Gasteiger charge is -2.31. The predicted octanol–water partition coefficient (Wildman–Crippen LogP) is 0.810. The molecule has 0 radical (unpaired) electrons. The average Bonchev–Trinajstić information content (AvgIpc) is 2.63. The van der Waals surface area contributed by atoms with Crippen LogP contribution in [0.2, 0.25) is 0 Å². The molecule has 2 fully saturated rings. The van der Waals surface area contributed by atoms with Gasteiger partial charge in [0.1, 0.15) is 11.7 Å². The summed E-state index contributed by atoms with van der Waals surface area (Å²) in [6.45, 7) is 1.72. The number of hydrogen-bond donors (Lipinski definition) is 1. The Balaban J connectivity index is 2.43. The number of fused-ring (bicyclic) bond motifs is 1. The van der Waals surface area contributed by atoms with Crippen molar-refractivity contribution in [1.29, 1.82) is 0 Å². The van der Waals surface area contributed by atoms with Crippen LogP contribution in [-0.2, 0) is 9.59 Å². The van der Waals surface area contributed by atoms with Crippen LogP contribution in [0.5, 0.6) is 0 Å². The van der Waals surface area contributed by atoms with Gasteiger partial charge in [-0.2, -0.15) is 0 Å². The largest absolute Gasteiger partial charge is 0.479 e. The van der Waals surface area contributed by atoms with Gasteiger partial charge in [-0.15, -0.1) is 0 Å². The second-order valence-electron chi connectivity index (χ2n) is 4.26. The predicted molar refractivity (Wildman–Crippen MR) is 50.0 cm³/mol. The number of carbonyl (C=O) groups excluding carboxylic acids is 1. The minimum Gasteiger partial charge on any atom is -0.479 e. The zero-order valence-electron chi connectivity index (χ0n) is 8.57. The lowest BCUT2D eigenvalue weighted by atomic mass is 9.81. The average molecular weight is 215 g/mol. The third kappa shape index (κ3) is 1.12. The molecule has 0 bridgehead atoms. The van der Waals surface area contributed by atoms with Crippen molar-refractivity contribution >= 4 is 11.9 Å².